The van der Waals surface area contributed by atoms with Crippen molar-refractivity contribution in [3.05, 3.63) is 27.9 Å². The molecule has 0 spiro atoms. The molecule has 1 aliphatic heterocycles. The predicted molar refractivity (Wildman–Crippen MR) is 77.7 cm³/mol. The van der Waals surface area contributed by atoms with Crippen molar-refractivity contribution in [1.29, 1.82) is 0 Å². The number of hydrogen-bond acceptors (Lipinski definition) is 6. The lowest BCUT2D eigenvalue weighted by atomic mass is 9.82. The number of pyridine rings is 1. The zero-order chi connectivity index (χ0) is 14.7. The molecule has 0 bridgehead atoms. The fraction of sp³-hybridized carbons (Fsp3) is 0.583. The minimum Gasteiger partial charge on any atom is -0.437 e. The van der Waals surface area contributed by atoms with Crippen molar-refractivity contribution in [1.82, 2.24) is 9.79 Å². The maximum Gasteiger partial charge on any atom is 0.376 e. The van der Waals surface area contributed by atoms with Crippen LogP contribution in [0.4, 0.5) is 11.5 Å². The van der Waals surface area contributed by atoms with Crippen molar-refractivity contribution in [2.75, 3.05) is 18.4 Å². The summed E-state index contributed by atoms with van der Waals surface area (Å²) in [7, 11) is -0.442. The molecule has 108 valence electrons. The van der Waals surface area contributed by atoms with Crippen molar-refractivity contribution in [2.24, 2.45) is 0 Å². The quantitative estimate of drug-likeness (QED) is 0.490. The molecule has 0 unspecified atom stereocenters. The van der Waals surface area contributed by atoms with E-state index < -0.39 is 12.0 Å². The summed E-state index contributed by atoms with van der Waals surface area (Å²) in [5, 5.41) is 23.7. The summed E-state index contributed by atoms with van der Waals surface area (Å²) in [6, 6.07) is 3.27. The lowest BCUT2D eigenvalue weighted by molar-refractivity contribution is -0.384. The van der Waals surface area contributed by atoms with Gasteiger partial charge in [-0.25, -0.2) is 4.98 Å². The lowest BCUT2D eigenvalue weighted by Gasteiger charge is -2.33. The molecule has 1 aromatic rings. The van der Waals surface area contributed by atoms with Crippen LogP contribution in [0.15, 0.2) is 12.1 Å². The summed E-state index contributed by atoms with van der Waals surface area (Å²) < 4.78 is 0. The molecule has 20 heavy (non-hydrogen) atoms. The molecule has 0 saturated carbocycles. The van der Waals surface area contributed by atoms with E-state index in [1.165, 1.54) is 6.07 Å². The van der Waals surface area contributed by atoms with Gasteiger partial charge in [0.05, 0.1) is 4.92 Å². The first kappa shape index (κ1) is 14.7. The van der Waals surface area contributed by atoms with Crippen LogP contribution in [-0.4, -0.2) is 45.9 Å². The van der Waals surface area contributed by atoms with Crippen LogP contribution in [0, 0.1) is 17.0 Å². The van der Waals surface area contributed by atoms with Gasteiger partial charge in [-0.3, -0.25) is 10.1 Å². The monoisotopic (exact) mass is 278 g/mol. The first-order valence-electron chi connectivity index (χ1n) is 6.78. The summed E-state index contributed by atoms with van der Waals surface area (Å²) in [4.78, 5) is 16.8. The van der Waals surface area contributed by atoms with Crippen LogP contribution < -0.4 is 5.32 Å². The minimum atomic E-state index is -0.442. The Morgan fingerprint density at radius 2 is 2.15 bits per heavy atom. The highest BCUT2D eigenvalue weighted by Gasteiger charge is 2.26. The van der Waals surface area contributed by atoms with Crippen LogP contribution in [0.1, 0.15) is 18.5 Å². The molecule has 7 nitrogen and oxygen atoms in total. The SMILES string of the molecule is CB(O)N1CCC(Nc2nc(C)ccc2[N+](=O)[O-])CC1. The number of piperidine rings is 1. The molecule has 8 heteroatoms. The van der Waals surface area contributed by atoms with Gasteiger partial charge in [0.1, 0.15) is 0 Å². The normalized spacial score (nSPS) is 16.9. The van der Waals surface area contributed by atoms with E-state index in [-0.39, 0.29) is 11.7 Å². The Hall–Kier alpha value is -1.67. The molecule has 0 aliphatic carbocycles. The molecule has 1 aromatic heterocycles. The van der Waals surface area contributed by atoms with Crippen LogP contribution >= 0.6 is 0 Å². The second kappa shape index (κ2) is 6.19. The Labute approximate surface area is 118 Å². The van der Waals surface area contributed by atoms with Gasteiger partial charge in [0, 0.05) is 17.8 Å². The standard InChI is InChI=1S/C12H19BN4O3/c1-9-3-4-11(17(19)20)12(14-9)15-10-5-7-16(8-6-10)13(2)18/h3-4,10,18H,5-8H2,1-2H3,(H,14,15). The fourth-order valence-corrected chi connectivity index (χ4v) is 2.41. The number of anilines is 1. The Balaban J connectivity index is 2.04. The van der Waals surface area contributed by atoms with Gasteiger partial charge in [-0.1, -0.05) is 0 Å². The van der Waals surface area contributed by atoms with Crippen LogP contribution in [0.25, 0.3) is 0 Å². The number of hydrogen-bond donors (Lipinski definition) is 2. The smallest absolute Gasteiger partial charge is 0.376 e. The molecule has 0 aromatic carbocycles. The van der Waals surface area contributed by atoms with Crippen molar-refractivity contribution in [2.45, 2.75) is 32.6 Å². The van der Waals surface area contributed by atoms with E-state index in [4.69, 9.17) is 0 Å². The Morgan fingerprint density at radius 3 is 2.70 bits per heavy atom. The summed E-state index contributed by atoms with van der Waals surface area (Å²) in [6.45, 7) is 5.11. The Bertz CT molecular complexity index is 490. The van der Waals surface area contributed by atoms with E-state index >= 15 is 0 Å². The highest BCUT2D eigenvalue weighted by molar-refractivity contribution is 6.45. The molecular weight excluding hydrogens is 259 g/mol. The summed E-state index contributed by atoms with van der Waals surface area (Å²) in [6.07, 6.45) is 1.66. The molecule has 1 saturated heterocycles. The summed E-state index contributed by atoms with van der Waals surface area (Å²) >= 11 is 0. The maximum absolute atomic E-state index is 11.0. The van der Waals surface area contributed by atoms with Crippen molar-refractivity contribution < 1.29 is 9.95 Å². The van der Waals surface area contributed by atoms with Gasteiger partial charge in [-0.15, -0.1) is 0 Å². The highest BCUT2D eigenvalue weighted by atomic mass is 16.6. The zero-order valence-electron chi connectivity index (χ0n) is 11.7. The average molecular weight is 278 g/mol. The van der Waals surface area contributed by atoms with E-state index in [1.807, 2.05) is 11.7 Å². The van der Waals surface area contributed by atoms with Gasteiger partial charge in [0.15, 0.2) is 0 Å². The first-order chi connectivity index (χ1) is 9.47. The van der Waals surface area contributed by atoms with Crippen LogP contribution in [-0.2, 0) is 0 Å². The van der Waals surface area contributed by atoms with Crippen molar-refractivity contribution in [3.63, 3.8) is 0 Å². The lowest BCUT2D eigenvalue weighted by Crippen LogP contribution is -2.46. The number of nitrogens with one attached hydrogen (secondary N) is 1. The van der Waals surface area contributed by atoms with Crippen molar-refractivity contribution in [3.8, 4) is 0 Å². The van der Waals surface area contributed by atoms with E-state index in [9.17, 15) is 15.1 Å². The van der Waals surface area contributed by atoms with Gasteiger partial charge in [-0.05, 0) is 45.7 Å². The molecule has 2 rings (SSSR count). The number of aryl methyl sites for hydroxylation is 1. The van der Waals surface area contributed by atoms with Crippen molar-refractivity contribution >= 4 is 18.6 Å². The topological polar surface area (TPSA) is 91.5 Å². The molecule has 2 heterocycles. The van der Waals surface area contributed by atoms with Crippen LogP contribution in [0.5, 0.6) is 0 Å². The van der Waals surface area contributed by atoms with Gasteiger partial charge in [0.2, 0.25) is 5.82 Å². The molecule has 0 radical (unpaired) electrons. The molecule has 0 amide bonds. The largest absolute Gasteiger partial charge is 0.437 e. The number of nitro groups is 1. The number of rotatable bonds is 4. The number of aromatic nitrogens is 1. The minimum absolute atomic E-state index is 0.00792. The average Bonchev–Trinajstić information content (AvgIpc) is 2.39. The number of nitrogens with zero attached hydrogens (tertiary/aromatic N) is 3. The molecular formula is C12H19BN4O3. The third-order valence-corrected chi connectivity index (χ3v) is 3.61. The predicted octanol–water partition coefficient (Wildman–Crippen LogP) is 1.28. The van der Waals surface area contributed by atoms with E-state index in [1.54, 1.807) is 12.9 Å². The summed E-state index contributed by atoms with van der Waals surface area (Å²) in [5.74, 6) is 0.338. The molecule has 1 fully saturated rings. The van der Waals surface area contributed by atoms with E-state index in [2.05, 4.69) is 10.3 Å². The van der Waals surface area contributed by atoms with E-state index in [0.717, 1.165) is 31.6 Å². The van der Waals surface area contributed by atoms with E-state index in [0.29, 0.717) is 5.82 Å². The Kier molecular flexibility index (Phi) is 4.56. The van der Waals surface area contributed by atoms with Gasteiger partial charge >= 0.3 is 12.7 Å². The third kappa shape index (κ3) is 3.46. The van der Waals surface area contributed by atoms with Gasteiger partial charge in [-0.2, -0.15) is 0 Å². The van der Waals surface area contributed by atoms with Gasteiger partial charge in [0.25, 0.3) is 0 Å². The molecule has 1 aliphatic rings. The Morgan fingerprint density at radius 1 is 1.50 bits per heavy atom. The second-order valence-corrected chi connectivity index (χ2v) is 5.16. The highest BCUT2D eigenvalue weighted by Crippen LogP contribution is 2.25. The maximum atomic E-state index is 11.0. The molecule has 0 atom stereocenters. The van der Waals surface area contributed by atoms with Gasteiger partial charge < -0.3 is 15.2 Å². The second-order valence-electron chi connectivity index (χ2n) is 5.16. The fourth-order valence-electron chi connectivity index (χ4n) is 2.41. The van der Waals surface area contributed by atoms with Crippen LogP contribution in [0.2, 0.25) is 6.82 Å². The van der Waals surface area contributed by atoms with Crippen LogP contribution in [0.3, 0.4) is 0 Å². The summed E-state index contributed by atoms with van der Waals surface area (Å²) in [5.41, 5.74) is 0.757. The molecule has 2 N–H and O–H groups in total. The zero-order valence-corrected chi connectivity index (χ0v) is 11.7. The third-order valence-electron chi connectivity index (χ3n) is 3.61. The first-order valence-corrected chi connectivity index (χ1v) is 6.78.